The first-order valence-electron chi connectivity index (χ1n) is 9.50. The van der Waals surface area contributed by atoms with E-state index in [9.17, 15) is 24.5 Å². The summed E-state index contributed by atoms with van der Waals surface area (Å²) in [5.74, 6) is -3.83. The first-order chi connectivity index (χ1) is 14.7. The molecule has 31 heavy (non-hydrogen) atoms. The molecule has 0 saturated heterocycles. The first kappa shape index (κ1) is 23.5. The Kier molecular flexibility index (Phi) is 7.83. The maximum Gasteiger partial charge on any atom is 0.404 e. The van der Waals surface area contributed by atoms with Crippen LogP contribution in [0.1, 0.15) is 32.3 Å². The molecule has 0 radical (unpaired) electrons. The number of para-hydroxylation sites is 1. The predicted molar refractivity (Wildman–Crippen MR) is 108 cm³/mol. The first-order valence-corrected chi connectivity index (χ1v) is 9.50. The van der Waals surface area contributed by atoms with Crippen LogP contribution in [0.4, 0.5) is 10.5 Å². The molecule has 0 fully saturated rings. The van der Waals surface area contributed by atoms with Crippen LogP contribution in [0.25, 0.3) is 0 Å². The van der Waals surface area contributed by atoms with E-state index in [2.05, 4.69) is 4.99 Å². The fourth-order valence-electron chi connectivity index (χ4n) is 3.42. The summed E-state index contributed by atoms with van der Waals surface area (Å²) in [6.45, 7) is 4.30. The van der Waals surface area contributed by atoms with Crippen LogP contribution >= 0.6 is 0 Å². The standard InChI is InChI=1S/C20H23N3O8/c1-4-29-18(24)15-11(3)22-13(10-31-20(21)26)17(19(25)30-5-2)16(15)12-8-6-7-9-14(12)23(27)28/h6-9,15-16H,4-5,10H2,1-3H3,(H2,21,26). The number of nitrogens with two attached hydrogens (primary N) is 1. The third-order valence-electron chi connectivity index (χ3n) is 4.57. The van der Waals surface area contributed by atoms with Gasteiger partial charge in [-0.1, -0.05) is 18.2 Å². The SMILES string of the molecule is CCOC(=O)C1=C(COC(N)=O)N=C(C)C(C(=O)OCC)C1c1ccccc1[N+](=O)[O-]. The second-order valence-electron chi connectivity index (χ2n) is 6.47. The van der Waals surface area contributed by atoms with Crippen LogP contribution in [0.2, 0.25) is 0 Å². The van der Waals surface area contributed by atoms with Gasteiger partial charge in [-0.05, 0) is 20.8 Å². The number of nitro benzene ring substituents is 1. The summed E-state index contributed by atoms with van der Waals surface area (Å²) in [6.07, 6.45) is -1.10. The van der Waals surface area contributed by atoms with E-state index in [4.69, 9.17) is 19.9 Å². The number of carbonyl (C=O) groups excluding carboxylic acids is 3. The number of esters is 2. The lowest BCUT2D eigenvalue weighted by Gasteiger charge is -2.31. The van der Waals surface area contributed by atoms with E-state index in [1.807, 2.05) is 0 Å². The Morgan fingerprint density at radius 1 is 1.13 bits per heavy atom. The molecular weight excluding hydrogens is 410 g/mol. The van der Waals surface area contributed by atoms with Gasteiger partial charge in [-0.15, -0.1) is 0 Å². The fourth-order valence-corrected chi connectivity index (χ4v) is 3.42. The molecule has 1 aromatic rings. The number of ether oxygens (including phenoxy) is 3. The Bertz CT molecular complexity index is 953. The summed E-state index contributed by atoms with van der Waals surface area (Å²) >= 11 is 0. The van der Waals surface area contributed by atoms with Gasteiger partial charge in [-0.25, -0.2) is 9.59 Å². The molecular formula is C20H23N3O8. The topological polar surface area (TPSA) is 160 Å². The van der Waals surface area contributed by atoms with E-state index in [1.54, 1.807) is 19.9 Å². The van der Waals surface area contributed by atoms with E-state index < -0.39 is 41.4 Å². The number of aliphatic imine (C=N–C) groups is 1. The normalized spacial score (nSPS) is 18.1. The van der Waals surface area contributed by atoms with Crippen molar-refractivity contribution < 1.29 is 33.5 Å². The van der Waals surface area contributed by atoms with Crippen LogP contribution in [0, 0.1) is 16.0 Å². The van der Waals surface area contributed by atoms with Crippen molar-refractivity contribution in [3.05, 3.63) is 51.2 Å². The van der Waals surface area contributed by atoms with Crippen molar-refractivity contribution in [1.29, 1.82) is 0 Å². The van der Waals surface area contributed by atoms with Gasteiger partial charge in [0.05, 0.1) is 29.4 Å². The Labute approximate surface area is 178 Å². The Balaban J connectivity index is 2.80. The largest absolute Gasteiger partial charge is 0.465 e. The van der Waals surface area contributed by atoms with Crippen molar-refractivity contribution in [2.24, 2.45) is 16.6 Å². The van der Waals surface area contributed by atoms with Gasteiger partial charge in [0, 0.05) is 23.3 Å². The molecule has 2 N–H and O–H groups in total. The second-order valence-corrected chi connectivity index (χ2v) is 6.47. The lowest BCUT2D eigenvalue weighted by Crippen LogP contribution is -2.37. The summed E-state index contributed by atoms with van der Waals surface area (Å²) in [5.41, 5.74) is 4.92. The number of rotatable bonds is 8. The smallest absolute Gasteiger partial charge is 0.404 e. The summed E-state index contributed by atoms with van der Waals surface area (Å²) in [6, 6.07) is 5.73. The molecule has 0 aliphatic carbocycles. The van der Waals surface area contributed by atoms with Crippen molar-refractivity contribution in [3.8, 4) is 0 Å². The molecule has 11 heteroatoms. The third-order valence-corrected chi connectivity index (χ3v) is 4.57. The van der Waals surface area contributed by atoms with Gasteiger partial charge in [0.25, 0.3) is 5.69 Å². The number of benzene rings is 1. The monoisotopic (exact) mass is 433 g/mol. The highest BCUT2D eigenvalue weighted by Gasteiger charge is 2.45. The maximum absolute atomic E-state index is 12.9. The number of nitro groups is 1. The van der Waals surface area contributed by atoms with Gasteiger partial charge in [-0.3, -0.25) is 19.9 Å². The van der Waals surface area contributed by atoms with E-state index in [1.165, 1.54) is 25.1 Å². The van der Waals surface area contributed by atoms with Gasteiger partial charge in [0.1, 0.15) is 12.5 Å². The lowest BCUT2D eigenvalue weighted by atomic mass is 9.75. The number of primary amides is 1. The number of hydrogen-bond acceptors (Lipinski definition) is 9. The Morgan fingerprint density at radius 2 is 1.77 bits per heavy atom. The van der Waals surface area contributed by atoms with Gasteiger partial charge in [0.2, 0.25) is 0 Å². The van der Waals surface area contributed by atoms with Crippen molar-refractivity contribution in [1.82, 2.24) is 0 Å². The van der Waals surface area contributed by atoms with Crippen molar-refractivity contribution >= 4 is 29.4 Å². The Hall–Kier alpha value is -3.76. The third kappa shape index (κ3) is 5.24. The van der Waals surface area contributed by atoms with Crippen molar-refractivity contribution in [2.45, 2.75) is 26.7 Å². The van der Waals surface area contributed by atoms with Crippen LogP contribution in [0.5, 0.6) is 0 Å². The van der Waals surface area contributed by atoms with Crippen LogP contribution in [-0.2, 0) is 23.8 Å². The molecule has 1 aromatic carbocycles. The molecule has 0 bridgehead atoms. The molecule has 2 rings (SSSR count). The molecule has 0 aromatic heterocycles. The number of amides is 1. The highest BCUT2D eigenvalue weighted by Crippen LogP contribution is 2.43. The van der Waals surface area contributed by atoms with Crippen LogP contribution in [0.3, 0.4) is 0 Å². The molecule has 2 unspecified atom stereocenters. The van der Waals surface area contributed by atoms with Gasteiger partial charge >= 0.3 is 18.0 Å². The minimum atomic E-state index is -1.15. The minimum absolute atomic E-state index is 0.00264. The molecule has 1 amide bonds. The molecule has 1 aliphatic rings. The zero-order valence-corrected chi connectivity index (χ0v) is 17.3. The van der Waals surface area contributed by atoms with E-state index in [-0.39, 0.29) is 41.4 Å². The van der Waals surface area contributed by atoms with Gasteiger partial charge < -0.3 is 19.9 Å². The number of nitrogens with zero attached hydrogens (tertiary/aromatic N) is 2. The number of carbonyl (C=O) groups is 3. The molecule has 0 saturated carbocycles. The van der Waals surface area contributed by atoms with E-state index in [0.29, 0.717) is 0 Å². The van der Waals surface area contributed by atoms with Crippen molar-refractivity contribution in [3.63, 3.8) is 0 Å². The predicted octanol–water partition coefficient (Wildman–Crippen LogP) is 2.24. The molecule has 1 aliphatic heterocycles. The highest BCUT2D eigenvalue weighted by molar-refractivity contribution is 6.07. The molecule has 1 heterocycles. The van der Waals surface area contributed by atoms with Crippen molar-refractivity contribution in [2.75, 3.05) is 19.8 Å². The summed E-state index contributed by atoms with van der Waals surface area (Å²) in [5, 5.41) is 11.7. The molecule has 2 atom stereocenters. The number of hydrogen-bond donors (Lipinski definition) is 1. The fraction of sp³-hybridized carbons (Fsp3) is 0.400. The highest BCUT2D eigenvalue weighted by atomic mass is 16.6. The average Bonchev–Trinajstić information content (AvgIpc) is 2.71. The van der Waals surface area contributed by atoms with Crippen LogP contribution < -0.4 is 5.73 Å². The minimum Gasteiger partial charge on any atom is -0.465 e. The average molecular weight is 433 g/mol. The van der Waals surface area contributed by atoms with E-state index in [0.717, 1.165) is 0 Å². The summed E-state index contributed by atoms with van der Waals surface area (Å²) in [7, 11) is 0. The molecule has 11 nitrogen and oxygen atoms in total. The van der Waals surface area contributed by atoms with Crippen LogP contribution in [0.15, 0.2) is 40.5 Å². The summed E-state index contributed by atoms with van der Waals surface area (Å²) in [4.78, 5) is 52.2. The second kappa shape index (κ2) is 10.3. The molecule has 0 spiro atoms. The Morgan fingerprint density at radius 3 is 2.35 bits per heavy atom. The van der Waals surface area contributed by atoms with Gasteiger partial charge in [0.15, 0.2) is 0 Å². The maximum atomic E-state index is 12.9. The zero-order valence-electron chi connectivity index (χ0n) is 17.3. The zero-order chi connectivity index (χ0) is 23.1. The lowest BCUT2D eigenvalue weighted by molar-refractivity contribution is -0.385. The van der Waals surface area contributed by atoms with Crippen LogP contribution in [-0.4, -0.2) is 48.5 Å². The van der Waals surface area contributed by atoms with Gasteiger partial charge in [-0.2, -0.15) is 0 Å². The van der Waals surface area contributed by atoms with E-state index >= 15 is 0 Å². The summed E-state index contributed by atoms with van der Waals surface area (Å²) < 4.78 is 15.1. The quantitative estimate of drug-likeness (QED) is 0.283. The molecule has 166 valence electrons.